The maximum absolute atomic E-state index is 13.9. The van der Waals surface area contributed by atoms with E-state index in [0.717, 1.165) is 18.4 Å². The van der Waals surface area contributed by atoms with Gasteiger partial charge in [0, 0.05) is 11.0 Å². The molecule has 2 aromatic carbocycles. The molecule has 2 unspecified atom stereocenters. The fourth-order valence-corrected chi connectivity index (χ4v) is 6.27. The van der Waals surface area contributed by atoms with Crippen LogP contribution in [-0.4, -0.2) is 50.2 Å². The average Bonchev–Trinajstić information content (AvgIpc) is 3.29. The number of nitrogens with zero attached hydrogens (tertiary/aromatic N) is 3. The Morgan fingerprint density at radius 2 is 1.90 bits per heavy atom. The number of hydrogen-bond acceptors (Lipinski definition) is 8. The Morgan fingerprint density at radius 1 is 1.17 bits per heavy atom. The van der Waals surface area contributed by atoms with Gasteiger partial charge in [-0.25, -0.2) is 4.79 Å². The van der Waals surface area contributed by atoms with Crippen LogP contribution in [0.25, 0.3) is 11.2 Å². The number of carbonyl (C=O) groups excluding carboxylic acids is 1. The summed E-state index contributed by atoms with van der Waals surface area (Å²) in [7, 11) is 0. The smallest absolute Gasteiger partial charge is 0.328 e. The lowest BCUT2D eigenvalue weighted by Gasteiger charge is -2.49. The number of nitrogens with one attached hydrogen (secondary N) is 2. The van der Waals surface area contributed by atoms with Crippen LogP contribution in [0.5, 0.6) is 11.8 Å². The summed E-state index contributed by atoms with van der Waals surface area (Å²) in [5.74, 6) is -0.719. The summed E-state index contributed by atoms with van der Waals surface area (Å²) in [5.41, 5.74) is 13.7. The molecule has 0 radical (unpaired) electrons. The first-order valence-electron chi connectivity index (χ1n) is 14.1. The van der Waals surface area contributed by atoms with Gasteiger partial charge in [0.2, 0.25) is 5.91 Å². The predicted octanol–water partition coefficient (Wildman–Crippen LogP) is 3.45. The third-order valence-corrected chi connectivity index (χ3v) is 8.39. The number of hydrogen-bond donors (Lipinski definition) is 5. The van der Waals surface area contributed by atoms with Crippen molar-refractivity contribution in [1.29, 1.82) is 0 Å². The number of amides is 1. The van der Waals surface area contributed by atoms with Crippen molar-refractivity contribution in [3.05, 3.63) is 75.7 Å². The quantitative estimate of drug-likeness (QED) is 0.184. The molecule has 216 valence electrons. The number of aromatic amines is 1. The molecular weight excluding hydrogens is 522 g/mol. The number of H-pyrrole nitrogens is 1. The second kappa shape index (κ2) is 11.6. The van der Waals surface area contributed by atoms with E-state index in [1.54, 1.807) is 16.7 Å². The number of aromatic hydroxyl groups is 1. The van der Waals surface area contributed by atoms with E-state index in [4.69, 9.17) is 16.2 Å². The van der Waals surface area contributed by atoms with Crippen LogP contribution in [0.3, 0.4) is 0 Å². The lowest BCUT2D eigenvalue weighted by Crippen LogP contribution is -2.48. The third kappa shape index (κ3) is 5.24. The standard InChI is InChI=1S/C30H37N7O4/c1-3-4-16-41-28-35-25(31)23-27(36-28)37(29(40)34-23)24(19-8-6-5-7-9-19)30(12-14-33-15-13-30)18(2)22-17-20(38)10-11-21(22)26(32)39/h5-11,17-18,24,33,38H,3-4,12-16H2,1-2H3,(H2,32,39)(H,34,40)(H2,31,35,36). The molecule has 1 aliphatic rings. The molecule has 1 aliphatic heterocycles. The normalized spacial score (nSPS) is 16.3. The van der Waals surface area contributed by atoms with Gasteiger partial charge in [0.15, 0.2) is 11.5 Å². The fraction of sp³-hybridized carbons (Fsp3) is 0.400. The molecule has 1 saturated heterocycles. The number of imidazole rings is 1. The van der Waals surface area contributed by atoms with Gasteiger partial charge in [-0.1, -0.05) is 50.6 Å². The molecular formula is C30H37N7O4. The van der Waals surface area contributed by atoms with E-state index in [2.05, 4.69) is 27.2 Å². The van der Waals surface area contributed by atoms with Crippen LogP contribution in [0.15, 0.2) is 53.3 Å². The molecule has 2 atom stereocenters. The summed E-state index contributed by atoms with van der Waals surface area (Å²) in [6.07, 6.45) is 3.11. The third-order valence-electron chi connectivity index (χ3n) is 8.39. The van der Waals surface area contributed by atoms with Crippen LogP contribution in [0, 0.1) is 5.41 Å². The van der Waals surface area contributed by atoms with Gasteiger partial charge in [0.1, 0.15) is 11.3 Å². The van der Waals surface area contributed by atoms with E-state index in [9.17, 15) is 14.7 Å². The molecule has 11 heteroatoms. The van der Waals surface area contributed by atoms with Crippen molar-refractivity contribution >= 4 is 22.9 Å². The summed E-state index contributed by atoms with van der Waals surface area (Å²) >= 11 is 0. The maximum Gasteiger partial charge on any atom is 0.328 e. The number of anilines is 1. The second-order valence-corrected chi connectivity index (χ2v) is 10.7. The van der Waals surface area contributed by atoms with E-state index in [1.807, 2.05) is 37.3 Å². The van der Waals surface area contributed by atoms with Crippen molar-refractivity contribution in [1.82, 2.24) is 24.8 Å². The highest BCUT2D eigenvalue weighted by Crippen LogP contribution is 2.54. The Bertz CT molecular complexity index is 1590. The number of piperidine rings is 1. The first-order valence-corrected chi connectivity index (χ1v) is 14.1. The van der Waals surface area contributed by atoms with Crippen molar-refractivity contribution in [3.8, 4) is 11.8 Å². The van der Waals surface area contributed by atoms with Gasteiger partial charge in [-0.2, -0.15) is 9.97 Å². The van der Waals surface area contributed by atoms with Crippen LogP contribution < -0.4 is 27.2 Å². The van der Waals surface area contributed by atoms with Crippen molar-refractivity contribution in [2.75, 3.05) is 25.4 Å². The highest BCUT2D eigenvalue weighted by molar-refractivity contribution is 5.94. The lowest BCUT2D eigenvalue weighted by atomic mass is 9.60. The predicted molar refractivity (Wildman–Crippen MR) is 157 cm³/mol. The first kappa shape index (κ1) is 28.2. The van der Waals surface area contributed by atoms with Crippen molar-refractivity contribution in [2.45, 2.75) is 51.5 Å². The number of phenolic OH excluding ortho intramolecular Hbond substituents is 1. The molecule has 11 nitrogen and oxygen atoms in total. The van der Waals surface area contributed by atoms with Gasteiger partial charge in [0.25, 0.3) is 0 Å². The van der Waals surface area contributed by atoms with Crippen LogP contribution >= 0.6 is 0 Å². The van der Waals surface area contributed by atoms with E-state index < -0.39 is 17.4 Å². The Hall–Kier alpha value is -4.38. The summed E-state index contributed by atoms with van der Waals surface area (Å²) in [5, 5.41) is 13.9. The van der Waals surface area contributed by atoms with Crippen LogP contribution in [-0.2, 0) is 0 Å². The molecule has 41 heavy (non-hydrogen) atoms. The zero-order chi connectivity index (χ0) is 29.1. The van der Waals surface area contributed by atoms with Crippen molar-refractivity contribution < 1.29 is 14.6 Å². The van der Waals surface area contributed by atoms with Gasteiger partial charge in [-0.05, 0) is 67.6 Å². The summed E-state index contributed by atoms with van der Waals surface area (Å²) in [4.78, 5) is 38.2. The molecule has 0 aliphatic carbocycles. The summed E-state index contributed by atoms with van der Waals surface area (Å²) in [6.45, 7) is 5.91. The fourth-order valence-electron chi connectivity index (χ4n) is 6.27. The number of primary amides is 1. The Balaban J connectivity index is 1.78. The zero-order valence-electron chi connectivity index (χ0n) is 23.4. The Morgan fingerprint density at radius 3 is 2.59 bits per heavy atom. The van der Waals surface area contributed by atoms with Gasteiger partial charge in [-0.15, -0.1) is 0 Å². The number of rotatable bonds is 10. The number of ether oxygens (including phenoxy) is 1. The van der Waals surface area contributed by atoms with Crippen molar-refractivity contribution in [2.24, 2.45) is 11.1 Å². The highest BCUT2D eigenvalue weighted by Gasteiger charge is 2.48. The summed E-state index contributed by atoms with van der Waals surface area (Å²) in [6, 6.07) is 14.0. The number of aromatic nitrogens is 4. The zero-order valence-corrected chi connectivity index (χ0v) is 23.4. The minimum Gasteiger partial charge on any atom is -0.508 e. The van der Waals surface area contributed by atoms with Crippen molar-refractivity contribution in [3.63, 3.8) is 0 Å². The SMILES string of the molecule is CCCCOc1nc(N)c2[nH]c(=O)n(C(c3ccccc3)C3(C(C)c4cc(O)ccc4C(N)=O)CCNCC3)c2n1. The second-order valence-electron chi connectivity index (χ2n) is 10.7. The van der Waals surface area contributed by atoms with E-state index in [-0.39, 0.29) is 29.2 Å². The van der Waals surface area contributed by atoms with Gasteiger partial charge in [-0.3, -0.25) is 9.36 Å². The molecule has 2 aromatic heterocycles. The number of unbranched alkanes of at least 4 members (excludes halogenated alkanes) is 1. The molecule has 0 bridgehead atoms. The topological polar surface area (TPSA) is 174 Å². The molecule has 0 spiro atoms. The van der Waals surface area contributed by atoms with E-state index in [1.165, 1.54) is 6.07 Å². The number of benzene rings is 2. The average molecular weight is 560 g/mol. The molecule has 1 amide bonds. The number of nitrogen functional groups attached to an aromatic ring is 1. The molecule has 7 N–H and O–H groups in total. The van der Waals surface area contributed by atoms with Gasteiger partial charge < -0.3 is 31.6 Å². The highest BCUT2D eigenvalue weighted by atomic mass is 16.5. The number of fused-ring (bicyclic) bond motifs is 1. The molecule has 4 aromatic rings. The monoisotopic (exact) mass is 559 g/mol. The summed E-state index contributed by atoms with van der Waals surface area (Å²) < 4.78 is 7.46. The Kier molecular flexibility index (Phi) is 7.98. The maximum atomic E-state index is 13.9. The molecule has 1 fully saturated rings. The minimum absolute atomic E-state index is 0.0378. The molecule has 0 saturated carbocycles. The van der Waals surface area contributed by atoms with Crippen LogP contribution in [0.1, 0.15) is 73.0 Å². The lowest BCUT2D eigenvalue weighted by molar-refractivity contribution is 0.0962. The number of carbonyl (C=O) groups is 1. The van der Waals surface area contributed by atoms with Gasteiger partial charge >= 0.3 is 11.7 Å². The molecule has 5 rings (SSSR count). The van der Waals surface area contributed by atoms with E-state index >= 15 is 0 Å². The minimum atomic E-state index is -0.605. The van der Waals surface area contributed by atoms with Gasteiger partial charge in [0.05, 0.1) is 12.6 Å². The largest absolute Gasteiger partial charge is 0.508 e. The number of nitrogens with two attached hydrogens (primary N) is 2. The van der Waals surface area contributed by atoms with Crippen LogP contribution in [0.4, 0.5) is 5.82 Å². The number of phenols is 1. The van der Waals surface area contributed by atoms with E-state index in [0.29, 0.717) is 54.8 Å². The van der Waals surface area contributed by atoms with Crippen LogP contribution in [0.2, 0.25) is 0 Å². The molecule has 3 heterocycles. The Labute approximate surface area is 238 Å². The first-order chi connectivity index (χ1) is 19.8.